The van der Waals surface area contributed by atoms with E-state index in [0.29, 0.717) is 12.2 Å². The minimum atomic E-state index is -4.43. The van der Waals surface area contributed by atoms with Crippen molar-refractivity contribution in [3.63, 3.8) is 0 Å². The zero-order chi connectivity index (χ0) is 21.0. The zero-order valence-electron chi connectivity index (χ0n) is 15.8. The summed E-state index contributed by atoms with van der Waals surface area (Å²) in [5.74, 6) is 0. The van der Waals surface area contributed by atoms with Crippen LogP contribution in [0.1, 0.15) is 11.1 Å². The van der Waals surface area contributed by atoms with Crippen molar-refractivity contribution in [2.45, 2.75) is 17.6 Å². The Balaban J connectivity index is 1.65. The van der Waals surface area contributed by atoms with Gasteiger partial charge in [-0.25, -0.2) is 9.48 Å². The first-order valence-corrected chi connectivity index (χ1v) is 9.86. The second kappa shape index (κ2) is 8.60. The number of nitrogens with one attached hydrogen (secondary N) is 1. The van der Waals surface area contributed by atoms with Gasteiger partial charge in [-0.05, 0) is 42.2 Å². The topological polar surface area (TPSA) is 50.2 Å². The highest BCUT2D eigenvalue weighted by molar-refractivity contribution is 7.98. The van der Waals surface area contributed by atoms with E-state index in [1.165, 1.54) is 34.1 Å². The molecule has 29 heavy (non-hydrogen) atoms. The maximum Gasteiger partial charge on any atom is 0.416 e. The number of amides is 2. The van der Waals surface area contributed by atoms with Crippen molar-refractivity contribution in [1.82, 2.24) is 14.7 Å². The van der Waals surface area contributed by atoms with Gasteiger partial charge in [0.1, 0.15) is 0 Å². The Morgan fingerprint density at radius 2 is 1.93 bits per heavy atom. The molecule has 5 nitrogen and oxygen atoms in total. The molecule has 1 heterocycles. The monoisotopic (exact) mass is 420 g/mol. The Bertz CT molecular complexity index is 986. The highest BCUT2D eigenvalue weighted by Gasteiger charge is 2.30. The van der Waals surface area contributed by atoms with Gasteiger partial charge in [0, 0.05) is 18.5 Å². The molecule has 0 spiro atoms. The second-order valence-corrected chi connectivity index (χ2v) is 7.24. The minimum Gasteiger partial charge on any atom is -0.323 e. The van der Waals surface area contributed by atoms with Gasteiger partial charge in [0.15, 0.2) is 0 Å². The van der Waals surface area contributed by atoms with E-state index in [9.17, 15) is 18.0 Å². The van der Waals surface area contributed by atoms with Crippen LogP contribution in [-0.4, -0.2) is 34.0 Å². The number of carbonyl (C=O) groups excluding carboxylic acids is 1. The maximum absolute atomic E-state index is 12.9. The Kier molecular flexibility index (Phi) is 6.17. The van der Waals surface area contributed by atoms with Crippen LogP contribution in [0, 0.1) is 0 Å². The summed E-state index contributed by atoms with van der Waals surface area (Å²) in [6.07, 6.45) is 0.415. The summed E-state index contributed by atoms with van der Waals surface area (Å²) in [6, 6.07) is 12.4. The fourth-order valence-corrected chi connectivity index (χ4v) is 3.06. The van der Waals surface area contributed by atoms with Gasteiger partial charge < -0.3 is 10.2 Å². The Morgan fingerprint density at radius 3 is 2.59 bits per heavy atom. The molecule has 2 amide bonds. The Labute approximate surface area is 170 Å². The minimum absolute atomic E-state index is 0.252. The molecule has 1 aromatic heterocycles. The lowest BCUT2D eigenvalue weighted by molar-refractivity contribution is -0.137. The van der Waals surface area contributed by atoms with Crippen molar-refractivity contribution in [1.29, 1.82) is 0 Å². The molecule has 0 radical (unpaired) electrons. The Morgan fingerprint density at radius 1 is 1.21 bits per heavy atom. The first-order valence-electron chi connectivity index (χ1n) is 8.63. The number of nitrogens with zero attached hydrogens (tertiary/aromatic N) is 3. The molecule has 3 aromatic rings. The van der Waals surface area contributed by atoms with Crippen LogP contribution in [0.15, 0.2) is 65.8 Å². The van der Waals surface area contributed by atoms with Crippen molar-refractivity contribution < 1.29 is 18.0 Å². The van der Waals surface area contributed by atoms with Crippen LogP contribution in [0.25, 0.3) is 5.69 Å². The van der Waals surface area contributed by atoms with E-state index in [1.54, 1.807) is 18.8 Å². The fourth-order valence-electron chi connectivity index (χ4n) is 2.65. The lowest BCUT2D eigenvalue weighted by Crippen LogP contribution is -2.30. The molecule has 2 aromatic carbocycles. The first kappa shape index (κ1) is 20.8. The SMILES string of the molecule is CSc1ccc(CN(C)C(=O)Nc2cnn(-c3cccc(C(F)(F)F)c3)c2)cc1. The Hall–Kier alpha value is -2.94. The molecular formula is C20H19F3N4OS. The number of benzene rings is 2. The van der Waals surface area contributed by atoms with Crippen molar-refractivity contribution >= 4 is 23.5 Å². The zero-order valence-corrected chi connectivity index (χ0v) is 16.6. The highest BCUT2D eigenvalue weighted by atomic mass is 32.2. The molecule has 0 fully saturated rings. The largest absolute Gasteiger partial charge is 0.416 e. The van der Waals surface area contributed by atoms with Gasteiger partial charge >= 0.3 is 12.2 Å². The number of rotatable bonds is 5. The van der Waals surface area contributed by atoms with Crippen molar-refractivity contribution in [2.75, 3.05) is 18.6 Å². The summed E-state index contributed by atoms with van der Waals surface area (Å²) >= 11 is 1.64. The molecule has 0 bridgehead atoms. The number of hydrogen-bond acceptors (Lipinski definition) is 3. The number of anilines is 1. The number of alkyl halides is 3. The van der Waals surface area contributed by atoms with Gasteiger partial charge in [-0.15, -0.1) is 11.8 Å². The summed E-state index contributed by atoms with van der Waals surface area (Å²) < 4.78 is 39.9. The number of thioether (sulfide) groups is 1. The molecule has 0 unspecified atom stereocenters. The number of aromatic nitrogens is 2. The van der Waals surface area contributed by atoms with Crippen molar-refractivity contribution in [3.8, 4) is 5.69 Å². The lowest BCUT2D eigenvalue weighted by Gasteiger charge is -2.17. The summed E-state index contributed by atoms with van der Waals surface area (Å²) in [6.45, 7) is 0.419. The van der Waals surface area contributed by atoms with Gasteiger partial charge in [-0.1, -0.05) is 18.2 Å². The quantitative estimate of drug-likeness (QED) is 0.572. The summed E-state index contributed by atoms with van der Waals surface area (Å²) in [7, 11) is 1.66. The van der Waals surface area contributed by atoms with E-state index in [-0.39, 0.29) is 11.7 Å². The molecule has 0 aliphatic rings. The van der Waals surface area contributed by atoms with E-state index in [1.807, 2.05) is 30.5 Å². The molecule has 3 rings (SSSR count). The summed E-state index contributed by atoms with van der Waals surface area (Å²) in [5, 5.41) is 6.74. The van der Waals surface area contributed by atoms with E-state index < -0.39 is 11.7 Å². The van der Waals surface area contributed by atoms with Crippen LogP contribution in [-0.2, 0) is 12.7 Å². The standard InChI is InChI=1S/C20H19F3N4OS/c1-26(12-14-6-8-18(29-2)9-7-14)19(28)25-16-11-24-27(13-16)17-5-3-4-15(10-17)20(21,22)23/h3-11,13H,12H2,1-2H3,(H,25,28). The van der Waals surface area contributed by atoms with Crippen molar-refractivity contribution in [3.05, 3.63) is 72.1 Å². The second-order valence-electron chi connectivity index (χ2n) is 6.36. The molecule has 152 valence electrons. The van der Waals surface area contributed by atoms with Gasteiger partial charge in [-0.2, -0.15) is 18.3 Å². The molecule has 0 atom stereocenters. The van der Waals surface area contributed by atoms with E-state index >= 15 is 0 Å². The van der Waals surface area contributed by atoms with Crippen molar-refractivity contribution in [2.24, 2.45) is 0 Å². The predicted molar refractivity (Wildman–Crippen MR) is 107 cm³/mol. The van der Waals surface area contributed by atoms with Crippen LogP contribution in [0.4, 0.5) is 23.7 Å². The summed E-state index contributed by atoms with van der Waals surface area (Å²) in [4.78, 5) is 15.0. The molecular weight excluding hydrogens is 401 g/mol. The van der Waals surface area contributed by atoms with Gasteiger partial charge in [-0.3, -0.25) is 0 Å². The molecule has 0 saturated heterocycles. The predicted octanol–water partition coefficient (Wildman–Crippen LogP) is 5.28. The van der Waals surface area contributed by atoms with Gasteiger partial charge in [0.05, 0.1) is 29.3 Å². The number of urea groups is 1. The van der Waals surface area contributed by atoms with Gasteiger partial charge in [0.2, 0.25) is 0 Å². The fraction of sp³-hybridized carbons (Fsp3) is 0.200. The third-order valence-electron chi connectivity index (χ3n) is 4.20. The molecule has 1 N–H and O–H groups in total. The summed E-state index contributed by atoms with van der Waals surface area (Å²) in [5.41, 5.74) is 0.864. The van der Waals surface area contributed by atoms with Crippen LogP contribution >= 0.6 is 11.8 Å². The first-order chi connectivity index (χ1) is 13.8. The number of halogens is 3. The average Bonchev–Trinajstić information content (AvgIpc) is 3.16. The third-order valence-corrected chi connectivity index (χ3v) is 4.94. The van der Waals surface area contributed by atoms with Crippen LogP contribution in [0.2, 0.25) is 0 Å². The molecule has 9 heteroatoms. The lowest BCUT2D eigenvalue weighted by atomic mass is 10.2. The molecule has 0 saturated carbocycles. The molecule has 0 aliphatic carbocycles. The number of hydrogen-bond donors (Lipinski definition) is 1. The smallest absolute Gasteiger partial charge is 0.323 e. The third kappa shape index (κ3) is 5.32. The number of carbonyl (C=O) groups is 1. The average molecular weight is 420 g/mol. The van der Waals surface area contributed by atoms with Crippen LogP contribution in [0.5, 0.6) is 0 Å². The normalized spacial score (nSPS) is 11.3. The van der Waals surface area contributed by atoms with E-state index in [2.05, 4.69) is 10.4 Å². The van der Waals surface area contributed by atoms with Gasteiger partial charge in [0.25, 0.3) is 0 Å². The maximum atomic E-state index is 12.9. The van der Waals surface area contributed by atoms with E-state index in [4.69, 9.17) is 0 Å². The van der Waals surface area contributed by atoms with Crippen LogP contribution in [0.3, 0.4) is 0 Å². The van der Waals surface area contributed by atoms with E-state index in [0.717, 1.165) is 22.6 Å². The molecule has 0 aliphatic heterocycles. The van der Waals surface area contributed by atoms with Crippen LogP contribution < -0.4 is 5.32 Å². The highest BCUT2D eigenvalue weighted by Crippen LogP contribution is 2.30.